The molecule has 0 fully saturated rings. The SMILES string of the molecule is CSCCC(N)C(=O)NC(Cc1cnc[nH]1)C(=O)NC(Cc1c[nH]c2ccccc12)C(=O)NC(CC(N)=O)C(=O)O. The number of benzene rings is 1. The number of fused-ring (bicyclic) bond motifs is 1. The van der Waals surface area contributed by atoms with Crippen LogP contribution in [-0.2, 0) is 36.8 Å². The second-order valence-corrected chi connectivity index (χ2v) is 10.4. The summed E-state index contributed by atoms with van der Waals surface area (Å²) in [6.45, 7) is 0. The molecule has 4 amide bonds. The van der Waals surface area contributed by atoms with E-state index in [9.17, 15) is 29.1 Å². The highest BCUT2D eigenvalue weighted by Crippen LogP contribution is 2.19. The second kappa shape index (κ2) is 14.9. The molecule has 14 nitrogen and oxygen atoms in total. The minimum atomic E-state index is -1.60. The molecule has 1 aromatic carbocycles. The lowest BCUT2D eigenvalue weighted by Crippen LogP contribution is -2.58. The van der Waals surface area contributed by atoms with E-state index >= 15 is 0 Å². The van der Waals surface area contributed by atoms with Gasteiger partial charge in [0.1, 0.15) is 18.1 Å². The first-order valence-corrected chi connectivity index (χ1v) is 14.2. The van der Waals surface area contributed by atoms with Crippen LogP contribution in [0.2, 0.25) is 0 Å². The van der Waals surface area contributed by atoms with Crippen molar-refractivity contribution in [3.8, 4) is 0 Å². The highest BCUT2D eigenvalue weighted by molar-refractivity contribution is 7.98. The van der Waals surface area contributed by atoms with E-state index in [0.717, 1.165) is 10.9 Å². The lowest BCUT2D eigenvalue weighted by Gasteiger charge is -2.25. The van der Waals surface area contributed by atoms with Crippen molar-refractivity contribution in [1.29, 1.82) is 0 Å². The number of carboxylic acid groups (broad SMARTS) is 1. The first-order chi connectivity index (χ1) is 19.6. The number of aromatic nitrogens is 3. The average molecular weight is 587 g/mol. The minimum absolute atomic E-state index is 0.0215. The van der Waals surface area contributed by atoms with Crippen LogP contribution in [0.15, 0.2) is 43.0 Å². The molecule has 0 aliphatic rings. The number of aromatic amines is 2. The van der Waals surface area contributed by atoms with Gasteiger partial charge in [-0.05, 0) is 30.1 Å². The van der Waals surface area contributed by atoms with Gasteiger partial charge in [-0.15, -0.1) is 0 Å². The van der Waals surface area contributed by atoms with E-state index < -0.39 is 60.2 Å². The predicted octanol–water partition coefficient (Wildman–Crippen LogP) is -0.829. The number of H-pyrrole nitrogens is 2. The van der Waals surface area contributed by atoms with Crippen LogP contribution >= 0.6 is 11.8 Å². The number of aliphatic carboxylic acids is 1. The number of nitrogens with zero attached hydrogens (tertiary/aromatic N) is 1. The van der Waals surface area contributed by atoms with Crippen LogP contribution in [0.3, 0.4) is 0 Å². The zero-order chi connectivity index (χ0) is 29.9. The maximum Gasteiger partial charge on any atom is 0.326 e. The molecule has 0 aliphatic carbocycles. The number of primary amides is 1. The lowest BCUT2D eigenvalue weighted by molar-refractivity contribution is -0.143. The number of carbonyl (C=O) groups is 5. The fourth-order valence-corrected chi connectivity index (χ4v) is 4.65. The van der Waals surface area contributed by atoms with E-state index in [1.165, 1.54) is 24.3 Å². The van der Waals surface area contributed by atoms with Gasteiger partial charge < -0.3 is 42.5 Å². The molecule has 10 N–H and O–H groups in total. The van der Waals surface area contributed by atoms with Crippen molar-refractivity contribution in [3.05, 3.63) is 54.2 Å². The van der Waals surface area contributed by atoms with Crippen molar-refractivity contribution in [1.82, 2.24) is 30.9 Å². The number of carbonyl (C=O) groups excluding carboxylic acids is 4. The van der Waals surface area contributed by atoms with Crippen LogP contribution in [-0.4, -0.2) is 85.8 Å². The molecular weight excluding hydrogens is 552 g/mol. The molecule has 4 atom stereocenters. The van der Waals surface area contributed by atoms with Gasteiger partial charge in [0.2, 0.25) is 23.6 Å². The van der Waals surface area contributed by atoms with Gasteiger partial charge in [0, 0.05) is 41.8 Å². The number of para-hydroxylation sites is 1. The number of nitrogens with two attached hydrogens (primary N) is 2. The molecule has 0 saturated heterocycles. The molecule has 4 unspecified atom stereocenters. The molecule has 0 radical (unpaired) electrons. The van der Waals surface area contributed by atoms with E-state index in [4.69, 9.17) is 11.5 Å². The van der Waals surface area contributed by atoms with Crippen molar-refractivity contribution in [2.75, 3.05) is 12.0 Å². The fraction of sp³-hybridized carbons (Fsp3) is 0.385. The maximum absolute atomic E-state index is 13.6. The van der Waals surface area contributed by atoms with Crippen LogP contribution in [0.5, 0.6) is 0 Å². The summed E-state index contributed by atoms with van der Waals surface area (Å²) in [7, 11) is 0. The van der Waals surface area contributed by atoms with Gasteiger partial charge in [0.15, 0.2) is 0 Å². The molecule has 15 heteroatoms. The topological polar surface area (TPSA) is 238 Å². The van der Waals surface area contributed by atoms with Gasteiger partial charge in [-0.25, -0.2) is 9.78 Å². The fourth-order valence-electron chi connectivity index (χ4n) is 4.16. The van der Waals surface area contributed by atoms with E-state index in [-0.39, 0.29) is 12.8 Å². The molecule has 220 valence electrons. The Morgan fingerprint density at radius 3 is 2.27 bits per heavy atom. The van der Waals surface area contributed by atoms with Crippen molar-refractivity contribution in [3.63, 3.8) is 0 Å². The lowest BCUT2D eigenvalue weighted by atomic mass is 10.0. The molecule has 3 aromatic rings. The average Bonchev–Trinajstić information content (AvgIpc) is 3.60. The van der Waals surface area contributed by atoms with E-state index in [2.05, 4.69) is 30.9 Å². The molecule has 0 spiro atoms. The number of hydrogen-bond acceptors (Lipinski definition) is 8. The Labute approximate surface area is 239 Å². The molecule has 2 heterocycles. The van der Waals surface area contributed by atoms with E-state index in [0.29, 0.717) is 23.4 Å². The first kappa shape index (κ1) is 31.2. The van der Waals surface area contributed by atoms with Crippen LogP contribution in [0.1, 0.15) is 24.1 Å². The van der Waals surface area contributed by atoms with E-state index in [1.807, 2.05) is 30.5 Å². The van der Waals surface area contributed by atoms with Crippen molar-refractivity contribution in [2.24, 2.45) is 11.5 Å². The van der Waals surface area contributed by atoms with Crippen molar-refractivity contribution in [2.45, 2.75) is 49.9 Å². The van der Waals surface area contributed by atoms with Gasteiger partial charge in [0.05, 0.1) is 18.8 Å². The van der Waals surface area contributed by atoms with Crippen LogP contribution in [0.25, 0.3) is 10.9 Å². The molecule has 41 heavy (non-hydrogen) atoms. The summed E-state index contributed by atoms with van der Waals surface area (Å²) in [5.41, 5.74) is 13.2. The molecular formula is C26H34N8O6S. The molecule has 2 aromatic heterocycles. The second-order valence-electron chi connectivity index (χ2n) is 9.42. The number of imidazole rings is 1. The summed E-state index contributed by atoms with van der Waals surface area (Å²) >= 11 is 1.53. The molecule has 0 saturated carbocycles. The summed E-state index contributed by atoms with van der Waals surface area (Å²) in [6.07, 6.45) is 6.25. The van der Waals surface area contributed by atoms with Gasteiger partial charge >= 0.3 is 5.97 Å². The number of nitrogens with one attached hydrogen (secondary N) is 5. The van der Waals surface area contributed by atoms with Gasteiger partial charge in [-0.3, -0.25) is 19.2 Å². The first-order valence-electron chi connectivity index (χ1n) is 12.8. The highest BCUT2D eigenvalue weighted by Gasteiger charge is 2.32. The Balaban J connectivity index is 1.87. The number of amides is 4. The summed E-state index contributed by atoms with van der Waals surface area (Å²) in [6, 6.07) is 2.47. The molecule has 0 bridgehead atoms. The number of hydrogen-bond donors (Lipinski definition) is 8. The van der Waals surface area contributed by atoms with Gasteiger partial charge in [-0.1, -0.05) is 18.2 Å². The maximum atomic E-state index is 13.6. The number of carboxylic acids is 1. The van der Waals surface area contributed by atoms with Crippen LogP contribution in [0.4, 0.5) is 0 Å². The zero-order valence-corrected chi connectivity index (χ0v) is 23.2. The summed E-state index contributed by atoms with van der Waals surface area (Å²) in [4.78, 5) is 72.7. The minimum Gasteiger partial charge on any atom is -0.480 e. The van der Waals surface area contributed by atoms with E-state index in [1.54, 1.807) is 6.20 Å². The third-order valence-corrected chi connectivity index (χ3v) is 6.98. The Morgan fingerprint density at radius 1 is 0.976 bits per heavy atom. The Kier molecular flexibility index (Phi) is 11.3. The molecule has 3 rings (SSSR count). The monoisotopic (exact) mass is 586 g/mol. The Hall–Kier alpha value is -4.37. The van der Waals surface area contributed by atoms with Gasteiger partial charge in [0.25, 0.3) is 0 Å². The number of thioether (sulfide) groups is 1. The van der Waals surface area contributed by atoms with Crippen molar-refractivity contribution < 1.29 is 29.1 Å². The normalized spacial score (nSPS) is 14.0. The third kappa shape index (κ3) is 9.08. The van der Waals surface area contributed by atoms with Crippen LogP contribution in [0, 0.1) is 0 Å². The smallest absolute Gasteiger partial charge is 0.326 e. The zero-order valence-electron chi connectivity index (χ0n) is 22.4. The van der Waals surface area contributed by atoms with Crippen LogP contribution < -0.4 is 27.4 Å². The predicted molar refractivity (Wildman–Crippen MR) is 153 cm³/mol. The highest BCUT2D eigenvalue weighted by atomic mass is 32.2. The summed E-state index contributed by atoms with van der Waals surface area (Å²) < 4.78 is 0. The summed E-state index contributed by atoms with van der Waals surface area (Å²) in [5.74, 6) is -3.82. The molecule has 0 aliphatic heterocycles. The summed E-state index contributed by atoms with van der Waals surface area (Å²) in [5, 5.41) is 17.9. The quantitative estimate of drug-likeness (QED) is 0.104. The Morgan fingerprint density at radius 2 is 1.63 bits per heavy atom. The Bertz CT molecular complexity index is 1360. The number of rotatable bonds is 16. The third-order valence-electron chi connectivity index (χ3n) is 6.33. The largest absolute Gasteiger partial charge is 0.480 e. The standard InChI is InChI=1S/C26H34N8O6S/c1-41-7-6-17(27)23(36)32-20(9-15-12-29-13-31-15)25(38)33-19(24(37)34-21(26(39)40)10-22(28)35)8-14-11-30-18-5-3-2-4-16(14)18/h2-5,11-13,17,19-21,30H,6-10,27H2,1H3,(H2,28,35)(H,29,31)(H,32,36)(H,33,38)(H,34,37)(H,39,40). The van der Waals surface area contributed by atoms with Gasteiger partial charge in [-0.2, -0.15) is 11.8 Å². The van der Waals surface area contributed by atoms with Crippen molar-refractivity contribution >= 4 is 52.3 Å².